The van der Waals surface area contributed by atoms with Crippen LogP contribution >= 0.6 is 0 Å². The van der Waals surface area contributed by atoms with Crippen LogP contribution in [-0.4, -0.2) is 14.3 Å². The molecule has 1 unspecified atom stereocenters. The summed E-state index contributed by atoms with van der Waals surface area (Å²) in [6, 6.07) is 0. The summed E-state index contributed by atoms with van der Waals surface area (Å²) < 4.78 is 0. The molecule has 1 rings (SSSR count). The first-order valence-electron chi connectivity index (χ1n) is 6.65. The molecule has 0 aromatic heterocycles. The Kier molecular flexibility index (Phi) is 10.3. The number of hydrogen-bond acceptors (Lipinski definition) is 0. The monoisotopic (exact) mass is 328 g/mol. The molecule has 0 bridgehead atoms. The van der Waals surface area contributed by atoms with Crippen LogP contribution in [0.25, 0.3) is 5.73 Å². The topological polar surface area (TPSA) is 23.8 Å². The second-order valence-corrected chi connectivity index (χ2v) is 10.2. The van der Waals surface area contributed by atoms with Crippen LogP contribution in [0.15, 0.2) is 22.3 Å². The molecular formula is C17H34NSiTi. The Morgan fingerprint density at radius 1 is 1.05 bits per heavy atom. The van der Waals surface area contributed by atoms with E-state index in [1.165, 1.54) is 11.1 Å². The van der Waals surface area contributed by atoms with E-state index < -0.39 is 8.80 Å². The van der Waals surface area contributed by atoms with Gasteiger partial charge in [-0.1, -0.05) is 45.0 Å². The van der Waals surface area contributed by atoms with E-state index in [4.69, 9.17) is 5.73 Å². The summed E-state index contributed by atoms with van der Waals surface area (Å²) in [5, 5.41) is 0.298. The van der Waals surface area contributed by atoms with Crippen LogP contribution in [0.4, 0.5) is 0 Å². The third kappa shape index (κ3) is 4.43. The summed E-state index contributed by atoms with van der Waals surface area (Å²) in [5.41, 5.74) is 13.9. The maximum atomic E-state index is 8.20. The number of hydrogen-bond donors (Lipinski definition) is 0. The predicted molar refractivity (Wildman–Crippen MR) is 94.2 cm³/mol. The largest absolute Gasteiger partial charge is 3.00 e. The maximum absolute atomic E-state index is 8.20. The molecule has 1 atom stereocenters. The van der Waals surface area contributed by atoms with E-state index in [9.17, 15) is 0 Å². The number of allylic oxidation sites excluding steroid dienone is 3. The molecule has 1 aliphatic carbocycles. The zero-order valence-corrected chi connectivity index (χ0v) is 18.0. The van der Waals surface area contributed by atoms with E-state index in [0.29, 0.717) is 5.04 Å². The molecule has 0 spiro atoms. The summed E-state index contributed by atoms with van der Waals surface area (Å²) in [4.78, 5) is 0. The summed E-state index contributed by atoms with van der Waals surface area (Å²) in [6.07, 6.45) is 0.912. The van der Waals surface area contributed by atoms with Gasteiger partial charge in [-0.05, 0) is 38.3 Å². The zero-order chi connectivity index (χ0) is 13.6. The minimum Gasteiger partial charge on any atom is -0.672 e. The molecule has 0 aliphatic heterocycles. The van der Waals surface area contributed by atoms with E-state index in [2.05, 4.69) is 40.8 Å². The van der Waals surface area contributed by atoms with E-state index >= 15 is 0 Å². The first-order chi connectivity index (χ1) is 7.51. The molecule has 3 heteroatoms. The Balaban J connectivity index is -0.000000963. The van der Waals surface area contributed by atoms with E-state index in [1.54, 1.807) is 11.1 Å². The van der Waals surface area contributed by atoms with Crippen molar-refractivity contribution >= 4 is 8.80 Å². The molecule has 0 amide bonds. The first-order valence-corrected chi connectivity index (χ1v) is 9.54. The standard InChI is InChI=1S/C15H28NSi.2CH3.Ti/c1-10-11(2)13(9-14(4,5)16)15(6,12(10)3)17(7)8;;;/h16-17H,9H2,1-8H3;2*1H3;/q3*-1;+3. The van der Waals surface area contributed by atoms with Gasteiger partial charge in [0.25, 0.3) is 0 Å². The van der Waals surface area contributed by atoms with Crippen molar-refractivity contribution in [2.45, 2.75) is 71.6 Å². The summed E-state index contributed by atoms with van der Waals surface area (Å²) in [7, 11) is -0.819. The fourth-order valence-electron chi connectivity index (χ4n) is 3.05. The quantitative estimate of drug-likeness (QED) is 0.447. The smallest absolute Gasteiger partial charge is 0.672 e. The molecule has 0 heterocycles. The first kappa shape index (κ1) is 25.3. The number of nitrogens with one attached hydrogen (secondary N) is 1. The molecule has 20 heavy (non-hydrogen) atoms. The second-order valence-electron chi connectivity index (χ2n) is 6.77. The summed E-state index contributed by atoms with van der Waals surface area (Å²) >= 11 is 0. The number of rotatable bonds is 3. The fourth-order valence-corrected chi connectivity index (χ4v) is 5.15. The maximum Gasteiger partial charge on any atom is 3.00 e. The summed E-state index contributed by atoms with van der Waals surface area (Å²) in [5.74, 6) is 0. The van der Waals surface area contributed by atoms with Gasteiger partial charge in [0.15, 0.2) is 0 Å². The van der Waals surface area contributed by atoms with Crippen molar-refractivity contribution in [2.24, 2.45) is 0 Å². The Morgan fingerprint density at radius 3 is 1.75 bits per heavy atom. The van der Waals surface area contributed by atoms with Crippen LogP contribution in [0.3, 0.4) is 0 Å². The van der Waals surface area contributed by atoms with Crippen LogP contribution in [-0.2, 0) is 21.7 Å². The average molecular weight is 328 g/mol. The van der Waals surface area contributed by atoms with Crippen LogP contribution < -0.4 is 0 Å². The molecule has 1 radical (unpaired) electrons. The summed E-state index contributed by atoms with van der Waals surface area (Å²) in [6.45, 7) is 18.2. The van der Waals surface area contributed by atoms with Gasteiger partial charge in [0.2, 0.25) is 0 Å². The molecule has 0 saturated carbocycles. The normalized spacial score (nSPS) is 22.5. The van der Waals surface area contributed by atoms with E-state index in [0.717, 1.165) is 6.42 Å². The molecule has 0 saturated heterocycles. The van der Waals surface area contributed by atoms with E-state index in [1.807, 2.05) is 13.8 Å². The van der Waals surface area contributed by atoms with Crippen LogP contribution in [0.5, 0.6) is 0 Å². The van der Waals surface area contributed by atoms with Gasteiger partial charge in [-0.2, -0.15) is 0 Å². The van der Waals surface area contributed by atoms with Gasteiger partial charge < -0.3 is 20.6 Å². The van der Waals surface area contributed by atoms with Gasteiger partial charge in [0, 0.05) is 13.8 Å². The van der Waals surface area contributed by atoms with Gasteiger partial charge in [-0.25, -0.2) is 0 Å². The van der Waals surface area contributed by atoms with Gasteiger partial charge >= 0.3 is 21.7 Å². The fraction of sp³-hybridized carbons (Fsp3) is 0.647. The predicted octanol–water partition coefficient (Wildman–Crippen LogP) is 6.02. The van der Waals surface area contributed by atoms with Crippen molar-refractivity contribution in [3.8, 4) is 0 Å². The van der Waals surface area contributed by atoms with Gasteiger partial charge in [0.1, 0.15) is 0 Å². The SMILES string of the molecule is CC1=C(C)C(C)([SiH](C)C)C(CC(C)(C)[NH-])=C1C.[CH3-].[CH3-].[Ti+3]. The molecule has 1 nitrogen and oxygen atoms in total. The van der Waals surface area contributed by atoms with Crippen LogP contribution in [0, 0.1) is 14.9 Å². The Morgan fingerprint density at radius 2 is 1.45 bits per heavy atom. The molecule has 0 aromatic rings. The van der Waals surface area contributed by atoms with Crippen molar-refractivity contribution in [3.63, 3.8) is 0 Å². The van der Waals surface area contributed by atoms with Crippen molar-refractivity contribution in [1.29, 1.82) is 0 Å². The zero-order valence-electron chi connectivity index (χ0n) is 15.3. The molecule has 115 valence electrons. The second kappa shape index (κ2) is 8.12. The van der Waals surface area contributed by atoms with Gasteiger partial charge in [-0.15, -0.1) is 5.54 Å². The van der Waals surface area contributed by atoms with Gasteiger partial charge in [0.05, 0.1) is 0 Å². The Labute approximate surface area is 145 Å². The molecular weight excluding hydrogens is 294 g/mol. The van der Waals surface area contributed by atoms with Crippen LogP contribution in [0.2, 0.25) is 18.1 Å². The molecule has 0 fully saturated rings. The van der Waals surface area contributed by atoms with Crippen LogP contribution in [0.1, 0.15) is 48.0 Å². The average Bonchev–Trinajstić information content (AvgIpc) is 2.32. The minimum atomic E-state index is -0.819. The third-order valence-corrected chi connectivity index (χ3v) is 7.85. The molecule has 1 aliphatic rings. The Bertz CT molecular complexity index is 388. The molecule has 1 N–H and O–H groups in total. The third-order valence-electron chi connectivity index (χ3n) is 4.76. The van der Waals surface area contributed by atoms with Crippen molar-refractivity contribution < 1.29 is 21.7 Å². The van der Waals surface area contributed by atoms with Crippen molar-refractivity contribution in [3.05, 3.63) is 42.9 Å². The van der Waals surface area contributed by atoms with Gasteiger partial charge in [-0.3, -0.25) is 0 Å². The minimum absolute atomic E-state index is 0. The van der Waals surface area contributed by atoms with Crippen molar-refractivity contribution in [2.75, 3.05) is 0 Å². The Hall–Kier alpha value is 0.371. The molecule has 0 aromatic carbocycles. The van der Waals surface area contributed by atoms with E-state index in [-0.39, 0.29) is 42.1 Å². The van der Waals surface area contributed by atoms with Crippen molar-refractivity contribution in [1.82, 2.24) is 0 Å².